The number of benzene rings is 1. The molecule has 7 nitrogen and oxygen atoms in total. The largest absolute Gasteiger partial charge is 0.497 e. The van der Waals surface area contributed by atoms with Gasteiger partial charge in [0.2, 0.25) is 15.9 Å². The molecule has 1 aliphatic heterocycles. The fourth-order valence-corrected chi connectivity index (χ4v) is 3.93. The van der Waals surface area contributed by atoms with Gasteiger partial charge in [-0.3, -0.25) is 4.79 Å². The number of methoxy groups -OCH3 is 1. The molecule has 3 atom stereocenters. The van der Waals surface area contributed by atoms with E-state index >= 15 is 0 Å². The predicted octanol–water partition coefficient (Wildman–Crippen LogP) is 0.998. The van der Waals surface area contributed by atoms with E-state index in [4.69, 9.17) is 9.47 Å². The maximum Gasteiger partial charge on any atom is 0.241 e. The molecule has 1 aliphatic rings. The van der Waals surface area contributed by atoms with Gasteiger partial charge in [-0.25, -0.2) is 8.42 Å². The van der Waals surface area contributed by atoms with Gasteiger partial charge in [0, 0.05) is 13.1 Å². The molecule has 1 fully saturated rings. The molecule has 0 aliphatic carbocycles. The Balaban J connectivity index is 2.06. The number of sulfonamides is 1. The van der Waals surface area contributed by atoms with Crippen LogP contribution in [0.1, 0.15) is 20.8 Å². The number of rotatable bonds is 5. The minimum absolute atomic E-state index is 0.0666. The van der Waals surface area contributed by atoms with Crippen molar-refractivity contribution in [2.75, 3.05) is 20.2 Å². The summed E-state index contributed by atoms with van der Waals surface area (Å²) in [6.07, 6.45) is -0.133. The third-order valence-corrected chi connectivity index (χ3v) is 5.36. The molecule has 2 rings (SSSR count). The van der Waals surface area contributed by atoms with E-state index < -0.39 is 16.1 Å². The lowest BCUT2D eigenvalue weighted by Crippen LogP contribution is -2.54. The van der Waals surface area contributed by atoms with Crippen LogP contribution < -0.4 is 9.46 Å². The van der Waals surface area contributed by atoms with E-state index in [1.54, 1.807) is 24.0 Å². The molecule has 1 aromatic carbocycles. The average Bonchev–Trinajstić information content (AvgIpc) is 2.52. The summed E-state index contributed by atoms with van der Waals surface area (Å²) in [5, 5.41) is 0. The molecule has 0 spiro atoms. The quantitative estimate of drug-likeness (QED) is 0.851. The third kappa shape index (κ3) is 4.46. The summed E-state index contributed by atoms with van der Waals surface area (Å²) in [6, 6.07) is 5.15. The summed E-state index contributed by atoms with van der Waals surface area (Å²) in [5.74, 6) is 0.309. The van der Waals surface area contributed by atoms with Crippen LogP contribution >= 0.6 is 0 Å². The molecule has 24 heavy (non-hydrogen) atoms. The highest BCUT2D eigenvalue weighted by atomic mass is 32.2. The number of nitrogens with one attached hydrogen (secondary N) is 1. The zero-order valence-corrected chi connectivity index (χ0v) is 15.2. The van der Waals surface area contributed by atoms with Crippen molar-refractivity contribution in [1.29, 1.82) is 0 Å². The summed E-state index contributed by atoms with van der Waals surface area (Å²) < 4.78 is 37.9. The summed E-state index contributed by atoms with van der Waals surface area (Å²) in [6.45, 7) is 6.24. The van der Waals surface area contributed by atoms with Gasteiger partial charge in [-0.2, -0.15) is 4.72 Å². The lowest BCUT2D eigenvalue weighted by molar-refractivity contribution is -0.144. The Bertz CT molecular complexity index is 664. The Hall–Kier alpha value is -1.64. The first-order chi connectivity index (χ1) is 11.2. The molecular formula is C16H24N2O5S. The van der Waals surface area contributed by atoms with Crippen molar-refractivity contribution in [3.8, 4) is 5.75 Å². The second-order valence-electron chi connectivity index (χ2n) is 6.02. The van der Waals surface area contributed by atoms with E-state index in [0.717, 1.165) is 0 Å². The third-order valence-electron chi connectivity index (χ3n) is 3.80. The molecule has 0 unspecified atom stereocenters. The lowest BCUT2D eigenvalue weighted by atomic mass is 10.2. The van der Waals surface area contributed by atoms with Gasteiger partial charge in [0.25, 0.3) is 0 Å². The molecule has 0 saturated carbocycles. The van der Waals surface area contributed by atoms with E-state index in [-0.39, 0.29) is 23.0 Å². The van der Waals surface area contributed by atoms with Gasteiger partial charge in [0.1, 0.15) is 5.75 Å². The molecule has 1 saturated heterocycles. The van der Waals surface area contributed by atoms with Crippen molar-refractivity contribution in [3.63, 3.8) is 0 Å². The number of nitrogens with zero attached hydrogens (tertiary/aromatic N) is 1. The van der Waals surface area contributed by atoms with E-state index in [0.29, 0.717) is 18.8 Å². The summed E-state index contributed by atoms with van der Waals surface area (Å²) >= 11 is 0. The average molecular weight is 356 g/mol. The number of hydrogen-bond acceptors (Lipinski definition) is 5. The van der Waals surface area contributed by atoms with Crippen molar-refractivity contribution in [2.45, 2.75) is 43.9 Å². The van der Waals surface area contributed by atoms with Crippen LogP contribution in [-0.4, -0.2) is 57.7 Å². The van der Waals surface area contributed by atoms with Crippen molar-refractivity contribution >= 4 is 15.9 Å². The SMILES string of the molecule is COc1ccc(S(=O)(=O)N[C@@H](C)C(=O)N2C[C@@H](C)O[C@@H](C)C2)cc1. The molecule has 0 bridgehead atoms. The number of amides is 1. The summed E-state index contributed by atoms with van der Waals surface area (Å²) in [4.78, 5) is 14.3. The normalized spacial score (nSPS) is 22.9. The van der Waals surface area contributed by atoms with E-state index in [1.165, 1.54) is 19.2 Å². The van der Waals surface area contributed by atoms with Crippen LogP contribution in [-0.2, 0) is 19.6 Å². The molecule has 1 N–H and O–H groups in total. The fraction of sp³-hybridized carbons (Fsp3) is 0.562. The lowest BCUT2D eigenvalue weighted by Gasteiger charge is -2.36. The number of carbonyl (C=O) groups is 1. The zero-order valence-electron chi connectivity index (χ0n) is 14.4. The maximum absolute atomic E-state index is 12.5. The number of carbonyl (C=O) groups excluding carboxylic acids is 1. The number of morpholine rings is 1. The first kappa shape index (κ1) is 18.7. The van der Waals surface area contributed by atoms with Gasteiger partial charge in [-0.1, -0.05) is 0 Å². The van der Waals surface area contributed by atoms with Gasteiger partial charge in [-0.15, -0.1) is 0 Å². The summed E-state index contributed by atoms with van der Waals surface area (Å²) in [7, 11) is -2.27. The number of hydrogen-bond donors (Lipinski definition) is 1. The Labute approximate surface area is 143 Å². The Morgan fingerprint density at radius 1 is 1.25 bits per heavy atom. The van der Waals surface area contributed by atoms with Crippen molar-refractivity contribution in [3.05, 3.63) is 24.3 Å². The highest BCUT2D eigenvalue weighted by molar-refractivity contribution is 7.89. The van der Waals surface area contributed by atoms with Gasteiger partial charge < -0.3 is 14.4 Å². The molecular weight excluding hydrogens is 332 g/mol. The zero-order chi connectivity index (χ0) is 17.9. The van der Waals surface area contributed by atoms with Crippen LogP contribution in [0.5, 0.6) is 5.75 Å². The molecule has 134 valence electrons. The molecule has 0 radical (unpaired) electrons. The Kier molecular flexibility index (Phi) is 5.84. The van der Waals surface area contributed by atoms with Gasteiger partial charge >= 0.3 is 0 Å². The van der Waals surface area contributed by atoms with Gasteiger partial charge in [0.15, 0.2) is 0 Å². The highest BCUT2D eigenvalue weighted by Gasteiger charge is 2.30. The van der Waals surface area contributed by atoms with E-state index in [9.17, 15) is 13.2 Å². The van der Waals surface area contributed by atoms with Crippen LogP contribution in [0.3, 0.4) is 0 Å². The van der Waals surface area contributed by atoms with Crippen LogP contribution in [0.4, 0.5) is 0 Å². The molecule has 8 heteroatoms. The van der Waals surface area contributed by atoms with Crippen molar-refractivity contribution < 1.29 is 22.7 Å². The predicted molar refractivity (Wildman–Crippen MR) is 89.4 cm³/mol. The molecule has 1 amide bonds. The second-order valence-corrected chi connectivity index (χ2v) is 7.73. The van der Waals surface area contributed by atoms with Crippen LogP contribution in [0.15, 0.2) is 29.2 Å². The smallest absolute Gasteiger partial charge is 0.241 e. The minimum Gasteiger partial charge on any atom is -0.497 e. The monoisotopic (exact) mass is 356 g/mol. The van der Waals surface area contributed by atoms with E-state index in [1.807, 2.05) is 13.8 Å². The Morgan fingerprint density at radius 2 is 1.79 bits per heavy atom. The summed E-state index contributed by atoms with van der Waals surface area (Å²) in [5.41, 5.74) is 0. The Morgan fingerprint density at radius 3 is 2.29 bits per heavy atom. The maximum atomic E-state index is 12.5. The fourth-order valence-electron chi connectivity index (χ4n) is 2.74. The molecule has 1 aromatic rings. The van der Waals surface area contributed by atoms with Gasteiger partial charge in [0.05, 0.1) is 30.3 Å². The van der Waals surface area contributed by atoms with Gasteiger partial charge in [-0.05, 0) is 45.0 Å². The molecule has 1 heterocycles. The van der Waals surface area contributed by atoms with Crippen LogP contribution in [0.2, 0.25) is 0 Å². The number of ether oxygens (including phenoxy) is 2. The van der Waals surface area contributed by atoms with Crippen LogP contribution in [0, 0.1) is 0 Å². The molecule has 0 aromatic heterocycles. The standard InChI is InChI=1S/C16H24N2O5S/c1-11-9-18(10-12(2)23-11)16(19)13(3)17-24(20,21)15-7-5-14(22-4)6-8-15/h5-8,11-13,17H,9-10H2,1-4H3/t11-,12+,13-/m0/s1. The second kappa shape index (κ2) is 7.50. The first-order valence-electron chi connectivity index (χ1n) is 7.83. The van der Waals surface area contributed by atoms with Crippen LogP contribution in [0.25, 0.3) is 0 Å². The van der Waals surface area contributed by atoms with Crippen molar-refractivity contribution in [1.82, 2.24) is 9.62 Å². The first-order valence-corrected chi connectivity index (χ1v) is 9.32. The van der Waals surface area contributed by atoms with E-state index in [2.05, 4.69) is 4.72 Å². The highest BCUT2D eigenvalue weighted by Crippen LogP contribution is 2.17. The topological polar surface area (TPSA) is 84.9 Å². The minimum atomic E-state index is -3.78. The van der Waals surface area contributed by atoms with Crippen molar-refractivity contribution in [2.24, 2.45) is 0 Å².